The lowest BCUT2D eigenvalue weighted by molar-refractivity contribution is -0.113. The Morgan fingerprint density at radius 1 is 1.26 bits per heavy atom. The number of hydrogen-bond donors (Lipinski definition) is 0. The average Bonchev–Trinajstić information content (AvgIpc) is 2.72. The highest BCUT2D eigenvalue weighted by Gasteiger charge is 2.23. The van der Waals surface area contributed by atoms with E-state index in [0.29, 0.717) is 30.8 Å². The summed E-state index contributed by atoms with van der Waals surface area (Å²) in [5.74, 6) is -0.231. The number of fused-ring (bicyclic) bond motifs is 1. The van der Waals surface area contributed by atoms with E-state index in [1.807, 2.05) is 23.1 Å². The van der Waals surface area contributed by atoms with Crippen LogP contribution < -0.4 is 4.90 Å². The number of benzene rings is 2. The van der Waals surface area contributed by atoms with Crippen molar-refractivity contribution in [1.82, 2.24) is 4.90 Å². The number of carbonyl (C=O) groups excluding carboxylic acids is 2. The Bertz CT molecular complexity index is 926. The molecule has 27 heavy (non-hydrogen) atoms. The summed E-state index contributed by atoms with van der Waals surface area (Å²) < 4.78 is 0. The van der Waals surface area contributed by atoms with E-state index in [9.17, 15) is 9.59 Å². The van der Waals surface area contributed by atoms with E-state index < -0.39 is 0 Å². The molecule has 0 saturated heterocycles. The maximum Gasteiger partial charge on any atom is 0.254 e. The maximum atomic E-state index is 12.9. The smallest absolute Gasteiger partial charge is 0.254 e. The highest BCUT2D eigenvalue weighted by molar-refractivity contribution is 6.01. The topological polar surface area (TPSA) is 64.4 Å². The zero-order chi connectivity index (χ0) is 19.4. The van der Waals surface area contributed by atoms with Crippen molar-refractivity contribution >= 4 is 17.5 Å². The molecule has 0 atom stereocenters. The molecule has 0 unspecified atom stereocenters. The molecule has 0 radical (unpaired) electrons. The highest BCUT2D eigenvalue weighted by atomic mass is 16.2. The lowest BCUT2D eigenvalue weighted by Gasteiger charge is -2.30. The van der Waals surface area contributed by atoms with Crippen LogP contribution in [0.3, 0.4) is 0 Å². The average molecular weight is 359 g/mol. The van der Waals surface area contributed by atoms with Crippen LogP contribution in [0, 0.1) is 11.3 Å². The lowest BCUT2D eigenvalue weighted by atomic mass is 9.93. The van der Waals surface area contributed by atoms with Gasteiger partial charge in [-0.2, -0.15) is 5.26 Å². The van der Waals surface area contributed by atoms with Gasteiger partial charge in [-0.25, -0.2) is 0 Å². The van der Waals surface area contributed by atoms with Gasteiger partial charge in [0.15, 0.2) is 0 Å². The zero-order valence-corrected chi connectivity index (χ0v) is 15.3. The fourth-order valence-electron chi connectivity index (χ4n) is 3.39. The van der Waals surface area contributed by atoms with Crippen LogP contribution in [0.1, 0.15) is 27.0 Å². The number of hydrogen-bond acceptors (Lipinski definition) is 3. The van der Waals surface area contributed by atoms with Crippen LogP contribution in [-0.2, 0) is 24.2 Å². The zero-order valence-electron chi connectivity index (χ0n) is 15.3. The van der Waals surface area contributed by atoms with Crippen molar-refractivity contribution in [2.75, 3.05) is 18.5 Å². The fourth-order valence-corrected chi connectivity index (χ4v) is 3.39. The Labute approximate surface area is 159 Å². The number of nitrogens with zero attached hydrogens (tertiary/aromatic N) is 3. The molecular weight excluding hydrogens is 338 g/mol. The molecule has 5 heteroatoms. The van der Waals surface area contributed by atoms with Crippen LogP contribution in [0.15, 0.2) is 55.1 Å². The van der Waals surface area contributed by atoms with E-state index in [2.05, 4.69) is 12.6 Å². The van der Waals surface area contributed by atoms with E-state index in [1.165, 1.54) is 16.5 Å². The predicted molar refractivity (Wildman–Crippen MR) is 104 cm³/mol. The van der Waals surface area contributed by atoms with E-state index in [4.69, 9.17) is 5.26 Å². The molecule has 1 heterocycles. The van der Waals surface area contributed by atoms with Crippen LogP contribution in [0.4, 0.5) is 5.69 Å². The molecule has 1 aliphatic rings. The third-order valence-electron chi connectivity index (χ3n) is 4.93. The van der Waals surface area contributed by atoms with Crippen molar-refractivity contribution < 1.29 is 9.59 Å². The van der Waals surface area contributed by atoms with E-state index in [0.717, 1.165) is 17.5 Å². The number of amides is 2. The van der Waals surface area contributed by atoms with Crippen LogP contribution in [0.5, 0.6) is 0 Å². The molecular formula is C22H21N3O2. The Balaban J connectivity index is 1.76. The lowest BCUT2D eigenvalue weighted by Crippen LogP contribution is -2.36. The second-order valence-electron chi connectivity index (χ2n) is 6.51. The molecule has 0 saturated carbocycles. The monoisotopic (exact) mass is 359 g/mol. The molecule has 2 aromatic rings. The summed E-state index contributed by atoms with van der Waals surface area (Å²) >= 11 is 0. The largest absolute Gasteiger partial charge is 0.334 e. The summed E-state index contributed by atoms with van der Waals surface area (Å²) in [7, 11) is 1.67. The van der Waals surface area contributed by atoms with Gasteiger partial charge in [0.2, 0.25) is 5.91 Å². The minimum Gasteiger partial charge on any atom is -0.334 e. The second kappa shape index (κ2) is 7.88. The molecule has 0 aromatic heterocycles. The van der Waals surface area contributed by atoms with Crippen LogP contribution >= 0.6 is 0 Å². The first-order chi connectivity index (χ1) is 13.0. The molecule has 0 spiro atoms. The SMILES string of the molecule is C=CC(=O)N(C)c1ccc(C(=O)N2CCc3c(CC#N)cccc3C2)cc1. The molecule has 0 N–H and O–H groups in total. The van der Waals surface area contributed by atoms with Gasteiger partial charge in [-0.15, -0.1) is 0 Å². The minimum atomic E-state index is -0.199. The normalized spacial score (nSPS) is 12.7. The van der Waals surface area contributed by atoms with Gasteiger partial charge in [0.25, 0.3) is 5.91 Å². The van der Waals surface area contributed by atoms with Crippen molar-refractivity contribution in [1.29, 1.82) is 5.26 Å². The first-order valence-electron chi connectivity index (χ1n) is 8.81. The second-order valence-corrected chi connectivity index (χ2v) is 6.51. The van der Waals surface area contributed by atoms with Gasteiger partial charge in [-0.05, 0) is 53.5 Å². The predicted octanol–water partition coefficient (Wildman–Crippen LogP) is 3.10. The molecule has 2 amide bonds. The Hall–Kier alpha value is -3.39. The summed E-state index contributed by atoms with van der Waals surface area (Å²) in [4.78, 5) is 27.9. The Kier molecular flexibility index (Phi) is 5.37. The molecule has 0 aliphatic carbocycles. The molecule has 3 rings (SSSR count). The first-order valence-corrected chi connectivity index (χ1v) is 8.81. The van der Waals surface area contributed by atoms with Crippen molar-refractivity contribution in [3.63, 3.8) is 0 Å². The highest BCUT2D eigenvalue weighted by Crippen LogP contribution is 2.24. The van der Waals surface area contributed by atoms with Gasteiger partial charge in [0.1, 0.15) is 0 Å². The molecule has 5 nitrogen and oxygen atoms in total. The van der Waals surface area contributed by atoms with Gasteiger partial charge in [-0.3, -0.25) is 9.59 Å². The number of rotatable bonds is 4. The van der Waals surface area contributed by atoms with Gasteiger partial charge >= 0.3 is 0 Å². The van der Waals surface area contributed by atoms with Crippen molar-refractivity contribution in [2.24, 2.45) is 0 Å². The molecule has 0 fully saturated rings. The third-order valence-corrected chi connectivity index (χ3v) is 4.93. The van der Waals surface area contributed by atoms with Crippen LogP contribution in [0.25, 0.3) is 0 Å². The maximum absolute atomic E-state index is 12.9. The number of nitriles is 1. The Morgan fingerprint density at radius 2 is 2.00 bits per heavy atom. The molecule has 136 valence electrons. The summed E-state index contributed by atoms with van der Waals surface area (Å²) in [5, 5.41) is 8.98. The fraction of sp³-hybridized carbons (Fsp3) is 0.227. The van der Waals surface area contributed by atoms with E-state index in [-0.39, 0.29) is 11.8 Å². The van der Waals surface area contributed by atoms with Crippen molar-refractivity contribution in [3.8, 4) is 6.07 Å². The molecule has 2 aromatic carbocycles. The molecule has 0 bridgehead atoms. The van der Waals surface area contributed by atoms with Crippen LogP contribution in [-0.4, -0.2) is 30.3 Å². The van der Waals surface area contributed by atoms with Crippen molar-refractivity contribution in [3.05, 3.63) is 77.4 Å². The van der Waals surface area contributed by atoms with E-state index in [1.54, 1.807) is 31.3 Å². The molecule has 1 aliphatic heterocycles. The standard InChI is InChI=1S/C22H21N3O2/c1-3-21(26)24(2)19-9-7-17(8-10-19)22(27)25-14-12-20-16(11-13-23)5-4-6-18(20)15-25/h3-10H,1,11-12,14-15H2,2H3. The van der Waals surface area contributed by atoms with Crippen molar-refractivity contribution in [2.45, 2.75) is 19.4 Å². The van der Waals surface area contributed by atoms with Crippen LogP contribution in [0.2, 0.25) is 0 Å². The van der Waals surface area contributed by atoms with Gasteiger partial charge in [0.05, 0.1) is 12.5 Å². The third kappa shape index (κ3) is 3.75. The summed E-state index contributed by atoms with van der Waals surface area (Å²) in [6.07, 6.45) is 2.41. The number of likely N-dealkylation sites (N-methyl/N-ethyl adjacent to an activating group) is 1. The number of anilines is 1. The summed E-state index contributed by atoms with van der Waals surface area (Å²) in [6.45, 7) is 4.66. The Morgan fingerprint density at radius 3 is 2.67 bits per heavy atom. The summed E-state index contributed by atoms with van der Waals surface area (Å²) in [5.41, 5.74) is 4.66. The van der Waals surface area contributed by atoms with Gasteiger partial charge in [-0.1, -0.05) is 24.8 Å². The first kappa shape index (κ1) is 18.4. The van der Waals surface area contributed by atoms with Gasteiger partial charge in [0, 0.05) is 31.4 Å². The minimum absolute atomic E-state index is 0.0319. The quantitative estimate of drug-likeness (QED) is 0.788. The summed E-state index contributed by atoms with van der Waals surface area (Å²) in [6, 6.07) is 15.2. The van der Waals surface area contributed by atoms with Gasteiger partial charge < -0.3 is 9.80 Å². The van der Waals surface area contributed by atoms with E-state index >= 15 is 0 Å². The number of carbonyl (C=O) groups is 2.